The molecule has 4 rings (SSSR count). The predicted molar refractivity (Wildman–Crippen MR) is 132 cm³/mol. The van der Waals surface area contributed by atoms with E-state index in [0.717, 1.165) is 5.56 Å². The summed E-state index contributed by atoms with van der Waals surface area (Å²) in [5.74, 6) is 0.992. The van der Waals surface area contributed by atoms with Gasteiger partial charge >= 0.3 is 6.03 Å². The van der Waals surface area contributed by atoms with Gasteiger partial charge in [-0.05, 0) is 42.5 Å². The molecule has 4 N–H and O–H groups in total. The van der Waals surface area contributed by atoms with E-state index < -0.39 is 11.8 Å². The maximum atomic E-state index is 14.6. The molecule has 11 heteroatoms. The number of aliphatic hydroxyl groups is 1. The predicted octanol–water partition coefficient (Wildman–Crippen LogP) is 3.18. The standard InChI is InChI=1S/C24H27FN6O4/c1-34-21-15-27-22(30-23(21)26-8-11-32)16-2-4-17(5-3-16)28-24(33)29-18-6-7-20(19(25)14-18)31-9-12-35-13-10-31/h2-7,14-15,32H,8-13H2,1H3,(H,26,27,30)(H2,28,29,33). The summed E-state index contributed by atoms with van der Waals surface area (Å²) in [4.78, 5) is 23.1. The average Bonchev–Trinajstić information content (AvgIpc) is 2.88. The molecule has 1 aliphatic heterocycles. The highest BCUT2D eigenvalue weighted by Crippen LogP contribution is 2.26. The first-order valence-corrected chi connectivity index (χ1v) is 11.1. The lowest BCUT2D eigenvalue weighted by atomic mass is 10.2. The third-order valence-electron chi connectivity index (χ3n) is 5.34. The van der Waals surface area contributed by atoms with E-state index in [2.05, 4.69) is 25.9 Å². The second kappa shape index (κ2) is 11.4. The van der Waals surface area contributed by atoms with Gasteiger partial charge in [-0.2, -0.15) is 0 Å². The zero-order chi connectivity index (χ0) is 24.6. The number of hydrogen-bond donors (Lipinski definition) is 4. The van der Waals surface area contributed by atoms with E-state index in [1.165, 1.54) is 13.2 Å². The quantitative estimate of drug-likeness (QED) is 0.386. The number of carbonyl (C=O) groups excluding carboxylic acids is 1. The molecule has 1 aliphatic rings. The van der Waals surface area contributed by atoms with Crippen LogP contribution in [0, 0.1) is 5.82 Å². The molecule has 10 nitrogen and oxygen atoms in total. The molecule has 1 aromatic heterocycles. The van der Waals surface area contributed by atoms with E-state index in [4.69, 9.17) is 14.6 Å². The lowest BCUT2D eigenvalue weighted by Gasteiger charge is -2.29. The van der Waals surface area contributed by atoms with Gasteiger partial charge in [-0.15, -0.1) is 0 Å². The minimum absolute atomic E-state index is 0.0461. The van der Waals surface area contributed by atoms with E-state index in [9.17, 15) is 9.18 Å². The lowest BCUT2D eigenvalue weighted by Crippen LogP contribution is -2.36. The Morgan fingerprint density at radius 3 is 2.54 bits per heavy atom. The van der Waals surface area contributed by atoms with E-state index in [0.29, 0.717) is 67.3 Å². The minimum Gasteiger partial charge on any atom is -0.491 e. The number of benzene rings is 2. The monoisotopic (exact) mass is 482 g/mol. The molecule has 1 fully saturated rings. The summed E-state index contributed by atoms with van der Waals surface area (Å²) < 4.78 is 25.1. The average molecular weight is 483 g/mol. The zero-order valence-electron chi connectivity index (χ0n) is 19.3. The number of carbonyl (C=O) groups is 1. The van der Waals surface area contributed by atoms with Crippen molar-refractivity contribution in [1.29, 1.82) is 0 Å². The number of methoxy groups -OCH3 is 1. The van der Waals surface area contributed by atoms with Gasteiger partial charge in [0.2, 0.25) is 0 Å². The van der Waals surface area contributed by atoms with Crippen LogP contribution in [-0.2, 0) is 4.74 Å². The highest BCUT2D eigenvalue weighted by atomic mass is 19.1. The molecule has 184 valence electrons. The Hall–Kier alpha value is -3.96. The molecule has 2 amide bonds. The highest BCUT2D eigenvalue weighted by Gasteiger charge is 2.16. The molecule has 2 heterocycles. The Bertz CT molecular complexity index is 1160. The van der Waals surface area contributed by atoms with Crippen LogP contribution in [0.3, 0.4) is 0 Å². The van der Waals surface area contributed by atoms with Crippen LogP contribution in [-0.4, -0.2) is 67.7 Å². The SMILES string of the molecule is COc1cnc(-c2ccc(NC(=O)Nc3ccc(N4CCOCC4)c(F)c3)cc2)nc1NCCO. The third kappa shape index (κ3) is 6.14. The van der Waals surface area contributed by atoms with Crippen LogP contribution < -0.4 is 25.6 Å². The molecule has 0 unspecified atom stereocenters. The summed E-state index contributed by atoms with van der Waals surface area (Å²) in [6.07, 6.45) is 1.55. The van der Waals surface area contributed by atoms with Gasteiger partial charge in [0.15, 0.2) is 17.4 Å². The fourth-order valence-corrected chi connectivity index (χ4v) is 3.60. The third-order valence-corrected chi connectivity index (χ3v) is 5.34. The Labute approximate surface area is 202 Å². The first-order valence-electron chi connectivity index (χ1n) is 11.1. The topological polar surface area (TPSA) is 121 Å². The van der Waals surface area contributed by atoms with Gasteiger partial charge in [0.25, 0.3) is 0 Å². The number of aromatic nitrogens is 2. The van der Waals surface area contributed by atoms with Crippen molar-refractivity contribution >= 4 is 28.9 Å². The number of anilines is 4. The molecule has 0 atom stereocenters. The van der Waals surface area contributed by atoms with Gasteiger partial charge in [0.1, 0.15) is 5.82 Å². The van der Waals surface area contributed by atoms with Crippen LogP contribution in [0.4, 0.5) is 32.1 Å². The van der Waals surface area contributed by atoms with Crippen molar-refractivity contribution < 1.29 is 23.8 Å². The number of ether oxygens (including phenoxy) is 2. The Kier molecular flexibility index (Phi) is 7.91. The number of halogens is 1. The van der Waals surface area contributed by atoms with E-state index in [1.807, 2.05) is 4.90 Å². The molecule has 1 saturated heterocycles. The molecule has 0 bridgehead atoms. The Morgan fingerprint density at radius 2 is 1.86 bits per heavy atom. The molecular formula is C24H27FN6O4. The fraction of sp³-hybridized carbons (Fsp3) is 0.292. The Morgan fingerprint density at radius 1 is 1.14 bits per heavy atom. The van der Waals surface area contributed by atoms with Crippen LogP contribution in [0.25, 0.3) is 11.4 Å². The number of nitrogens with one attached hydrogen (secondary N) is 3. The molecule has 0 saturated carbocycles. The summed E-state index contributed by atoms with van der Waals surface area (Å²) >= 11 is 0. The van der Waals surface area contributed by atoms with E-state index >= 15 is 0 Å². The molecule has 35 heavy (non-hydrogen) atoms. The van der Waals surface area contributed by atoms with Crippen molar-refractivity contribution in [3.8, 4) is 17.1 Å². The summed E-state index contributed by atoms with van der Waals surface area (Å²) in [6.45, 7) is 2.66. The van der Waals surface area contributed by atoms with Crippen molar-refractivity contribution in [2.45, 2.75) is 0 Å². The number of hydrogen-bond acceptors (Lipinski definition) is 8. The van der Waals surface area contributed by atoms with Gasteiger partial charge in [0.05, 0.1) is 38.8 Å². The van der Waals surface area contributed by atoms with Crippen LogP contribution >= 0.6 is 0 Å². The van der Waals surface area contributed by atoms with E-state index in [-0.39, 0.29) is 6.61 Å². The summed E-state index contributed by atoms with van der Waals surface area (Å²) in [5, 5.41) is 17.4. The first kappa shape index (κ1) is 24.2. The maximum Gasteiger partial charge on any atom is 0.323 e. The van der Waals surface area contributed by atoms with Crippen molar-refractivity contribution in [2.24, 2.45) is 0 Å². The molecule has 2 aromatic carbocycles. The smallest absolute Gasteiger partial charge is 0.323 e. The lowest BCUT2D eigenvalue weighted by molar-refractivity contribution is 0.122. The number of urea groups is 1. The van der Waals surface area contributed by atoms with Gasteiger partial charge in [-0.1, -0.05) is 0 Å². The molecule has 0 radical (unpaired) electrons. The number of aliphatic hydroxyl groups excluding tert-OH is 1. The second-order valence-corrected chi connectivity index (χ2v) is 7.68. The number of rotatable bonds is 8. The van der Waals surface area contributed by atoms with Gasteiger partial charge in [-0.3, -0.25) is 0 Å². The van der Waals surface area contributed by atoms with Crippen LogP contribution in [0.5, 0.6) is 5.75 Å². The van der Waals surface area contributed by atoms with Crippen molar-refractivity contribution in [1.82, 2.24) is 9.97 Å². The maximum absolute atomic E-state index is 14.6. The van der Waals surface area contributed by atoms with Crippen molar-refractivity contribution in [3.05, 3.63) is 54.5 Å². The molecular weight excluding hydrogens is 455 g/mol. The zero-order valence-corrected chi connectivity index (χ0v) is 19.3. The highest BCUT2D eigenvalue weighted by molar-refractivity contribution is 6.00. The molecule has 0 aliphatic carbocycles. The summed E-state index contributed by atoms with van der Waals surface area (Å²) in [7, 11) is 1.51. The van der Waals surface area contributed by atoms with Crippen LogP contribution in [0.1, 0.15) is 0 Å². The molecule has 3 aromatic rings. The fourth-order valence-electron chi connectivity index (χ4n) is 3.60. The van der Waals surface area contributed by atoms with E-state index in [1.54, 1.807) is 42.6 Å². The van der Waals surface area contributed by atoms with Crippen molar-refractivity contribution in [3.63, 3.8) is 0 Å². The van der Waals surface area contributed by atoms with Crippen molar-refractivity contribution in [2.75, 3.05) is 67.4 Å². The Balaban J connectivity index is 1.38. The summed E-state index contributed by atoms with van der Waals surface area (Å²) in [6, 6.07) is 11.1. The minimum atomic E-state index is -0.493. The van der Waals surface area contributed by atoms with Crippen LogP contribution in [0.15, 0.2) is 48.7 Å². The number of morpholine rings is 1. The summed E-state index contributed by atoms with van der Waals surface area (Å²) in [5.41, 5.74) is 2.11. The first-order chi connectivity index (χ1) is 17.1. The second-order valence-electron chi connectivity index (χ2n) is 7.68. The number of nitrogens with zero attached hydrogens (tertiary/aromatic N) is 3. The normalized spacial score (nSPS) is 13.3. The van der Waals surface area contributed by atoms with Gasteiger partial charge < -0.3 is 35.4 Å². The number of amides is 2. The largest absolute Gasteiger partial charge is 0.491 e. The van der Waals surface area contributed by atoms with Gasteiger partial charge in [-0.25, -0.2) is 19.2 Å². The molecule has 0 spiro atoms. The van der Waals surface area contributed by atoms with Gasteiger partial charge in [0, 0.05) is 36.6 Å². The van der Waals surface area contributed by atoms with Crippen LogP contribution in [0.2, 0.25) is 0 Å².